The van der Waals surface area contributed by atoms with Crippen molar-refractivity contribution in [3.05, 3.63) is 48.0 Å². The summed E-state index contributed by atoms with van der Waals surface area (Å²) >= 11 is 0. The number of rotatable bonds is 6. The van der Waals surface area contributed by atoms with Gasteiger partial charge in [-0.15, -0.1) is 0 Å². The highest BCUT2D eigenvalue weighted by atomic mass is 28.3. The molecular formula is C28H36N2O5Si. The maximum atomic E-state index is 13.7. The van der Waals surface area contributed by atoms with Crippen molar-refractivity contribution in [3.63, 3.8) is 0 Å². The molecule has 5 rings (SSSR count). The molecule has 3 heterocycles. The van der Waals surface area contributed by atoms with Crippen LogP contribution in [-0.2, 0) is 19.9 Å². The van der Waals surface area contributed by atoms with Gasteiger partial charge in [0.15, 0.2) is 5.60 Å². The summed E-state index contributed by atoms with van der Waals surface area (Å²) in [7, 11) is -0.523. The number of nitrogens with one attached hydrogen (secondary N) is 1. The molecule has 2 N–H and O–H groups in total. The van der Waals surface area contributed by atoms with Crippen LogP contribution >= 0.6 is 0 Å². The minimum Gasteiger partial charge on any atom is -0.497 e. The highest BCUT2D eigenvalue weighted by molar-refractivity contribution is 6.91. The van der Waals surface area contributed by atoms with Crippen molar-refractivity contribution in [1.82, 2.24) is 0 Å². The highest BCUT2D eigenvalue weighted by Crippen LogP contribution is 2.58. The number of nitrogens with zero attached hydrogens (tertiary/aromatic N) is 1. The number of amides is 2. The average Bonchev–Trinajstić information content (AvgIpc) is 3.33. The van der Waals surface area contributed by atoms with Crippen LogP contribution in [0.15, 0.2) is 42.5 Å². The Hall–Kier alpha value is -2.68. The summed E-state index contributed by atoms with van der Waals surface area (Å²) in [4.78, 5) is 28.2. The van der Waals surface area contributed by atoms with Crippen LogP contribution in [0.5, 0.6) is 5.75 Å². The van der Waals surface area contributed by atoms with Crippen LogP contribution < -0.4 is 20.1 Å². The van der Waals surface area contributed by atoms with Gasteiger partial charge in [-0.25, -0.2) is 0 Å². The van der Waals surface area contributed by atoms with E-state index in [-0.39, 0.29) is 36.0 Å². The van der Waals surface area contributed by atoms with Crippen molar-refractivity contribution in [2.24, 2.45) is 5.92 Å². The number of fused-ring (bicyclic) bond motifs is 2. The third-order valence-electron chi connectivity index (χ3n) is 8.62. The van der Waals surface area contributed by atoms with Crippen LogP contribution in [0.4, 0.5) is 11.4 Å². The smallest absolute Gasteiger partial charge is 0.261 e. The van der Waals surface area contributed by atoms with Crippen molar-refractivity contribution in [2.75, 3.05) is 30.5 Å². The van der Waals surface area contributed by atoms with Crippen LogP contribution in [-0.4, -0.2) is 51.4 Å². The summed E-state index contributed by atoms with van der Waals surface area (Å²) in [6.07, 6.45) is 2.65. The van der Waals surface area contributed by atoms with Crippen LogP contribution in [0.2, 0.25) is 18.6 Å². The molecule has 2 amide bonds. The molecule has 0 radical (unpaired) electrons. The van der Waals surface area contributed by atoms with Gasteiger partial charge in [-0.2, -0.15) is 0 Å². The Kier molecular flexibility index (Phi) is 6.47. The molecule has 8 heteroatoms. The number of aliphatic hydroxyl groups is 1. The average molecular weight is 509 g/mol. The van der Waals surface area contributed by atoms with E-state index >= 15 is 0 Å². The number of benzene rings is 2. The Labute approximate surface area is 213 Å². The zero-order chi connectivity index (χ0) is 25.7. The van der Waals surface area contributed by atoms with E-state index in [2.05, 4.69) is 37.5 Å². The van der Waals surface area contributed by atoms with Gasteiger partial charge in [-0.05, 0) is 55.1 Å². The summed E-state index contributed by atoms with van der Waals surface area (Å²) in [5.41, 5.74) is 1.31. The minimum absolute atomic E-state index is 0.00610. The molecule has 2 aromatic carbocycles. The first-order valence-electron chi connectivity index (χ1n) is 12.9. The first kappa shape index (κ1) is 25.0. The number of ether oxygens (including phenoxy) is 2. The lowest BCUT2D eigenvalue weighted by Gasteiger charge is -2.37. The Morgan fingerprint density at radius 2 is 1.92 bits per heavy atom. The number of carbonyl (C=O) groups excluding carboxylic acids is 2. The fourth-order valence-electron chi connectivity index (χ4n) is 6.76. The highest BCUT2D eigenvalue weighted by Gasteiger charge is 2.64. The number of hydrogen-bond acceptors (Lipinski definition) is 5. The van der Waals surface area contributed by atoms with E-state index in [1.54, 1.807) is 7.11 Å². The summed E-state index contributed by atoms with van der Waals surface area (Å²) in [6.45, 7) is 7.44. The van der Waals surface area contributed by atoms with E-state index in [0.717, 1.165) is 35.5 Å². The van der Waals surface area contributed by atoms with Crippen molar-refractivity contribution >= 4 is 36.4 Å². The molecule has 2 fully saturated rings. The van der Waals surface area contributed by atoms with Crippen LogP contribution in [0.25, 0.3) is 0 Å². The number of anilines is 2. The molecule has 4 atom stereocenters. The van der Waals surface area contributed by atoms with Crippen LogP contribution in [0, 0.1) is 5.92 Å². The zero-order valence-corrected chi connectivity index (χ0v) is 22.5. The zero-order valence-electron chi connectivity index (χ0n) is 21.5. The van der Waals surface area contributed by atoms with E-state index < -0.39 is 13.7 Å². The van der Waals surface area contributed by atoms with Gasteiger partial charge in [0.1, 0.15) is 5.75 Å². The van der Waals surface area contributed by atoms with Crippen molar-refractivity contribution < 1.29 is 24.2 Å². The molecule has 3 aliphatic rings. The third-order valence-corrected chi connectivity index (χ3v) is 13.0. The topological polar surface area (TPSA) is 88.1 Å². The molecule has 3 aliphatic heterocycles. The third kappa shape index (κ3) is 3.78. The summed E-state index contributed by atoms with van der Waals surface area (Å²) in [5, 5.41) is 14.3. The molecule has 2 aromatic rings. The van der Waals surface area contributed by atoms with Gasteiger partial charge in [0.2, 0.25) is 5.91 Å². The van der Waals surface area contributed by atoms with Gasteiger partial charge in [0, 0.05) is 42.4 Å². The summed E-state index contributed by atoms with van der Waals surface area (Å²) in [6, 6.07) is 14.0. The molecule has 192 valence electrons. The standard InChI is InChI=1S/C28H36N2O5Si/c1-18-26(36(3,4)21-11-9-20(34-2)10-12-21)24(14-16-31)35-28(18)22-17-19(8-13-23(22)29-27(28)33)30-15-6-5-7-25(30)32/h8-13,17-18,24,26,31H,5-7,14-16H2,1-4H3,(H,29,33)/t18-,24+,26-,28+/m1/s1. The van der Waals surface area contributed by atoms with E-state index in [1.165, 1.54) is 5.19 Å². The number of carbonyl (C=O) groups is 2. The van der Waals surface area contributed by atoms with E-state index in [0.29, 0.717) is 19.4 Å². The first-order chi connectivity index (χ1) is 17.2. The van der Waals surface area contributed by atoms with Crippen LogP contribution in [0.1, 0.15) is 38.2 Å². The number of aliphatic hydroxyl groups excluding tert-OH is 1. The Bertz CT molecular complexity index is 1170. The molecule has 7 nitrogen and oxygen atoms in total. The lowest BCUT2D eigenvalue weighted by molar-refractivity contribution is -0.143. The maximum absolute atomic E-state index is 13.7. The predicted molar refractivity (Wildman–Crippen MR) is 143 cm³/mol. The van der Waals surface area contributed by atoms with E-state index in [9.17, 15) is 14.7 Å². The van der Waals surface area contributed by atoms with Gasteiger partial charge in [0.05, 0.1) is 21.3 Å². The predicted octanol–water partition coefficient (Wildman–Crippen LogP) is 3.76. The fraction of sp³-hybridized carbons (Fsp3) is 0.500. The van der Waals surface area contributed by atoms with E-state index in [4.69, 9.17) is 9.47 Å². The quantitative estimate of drug-likeness (QED) is 0.580. The maximum Gasteiger partial charge on any atom is 0.261 e. The Balaban J connectivity index is 1.57. The molecule has 36 heavy (non-hydrogen) atoms. The number of piperidine rings is 1. The number of methoxy groups -OCH3 is 1. The molecule has 2 saturated heterocycles. The molecule has 0 saturated carbocycles. The van der Waals surface area contributed by atoms with Crippen molar-refractivity contribution in [3.8, 4) is 5.75 Å². The number of hydrogen-bond donors (Lipinski definition) is 2. The Morgan fingerprint density at radius 3 is 2.58 bits per heavy atom. The Morgan fingerprint density at radius 1 is 1.17 bits per heavy atom. The molecule has 0 bridgehead atoms. The SMILES string of the molecule is COc1ccc([Si](C)(C)[C@H]2[C@H](CCO)O[C@@]3(C(=O)Nc4ccc(N5CCCCC5=O)cc43)[C@@H]2C)cc1. The van der Waals surface area contributed by atoms with Gasteiger partial charge in [-0.3, -0.25) is 9.59 Å². The van der Waals surface area contributed by atoms with Gasteiger partial charge < -0.3 is 24.8 Å². The monoisotopic (exact) mass is 508 g/mol. The second-order valence-electron chi connectivity index (χ2n) is 10.9. The minimum atomic E-state index is -2.18. The summed E-state index contributed by atoms with van der Waals surface area (Å²) in [5.74, 6) is 0.659. The fourth-order valence-corrected chi connectivity index (χ4v) is 10.8. The lowest BCUT2D eigenvalue weighted by Crippen LogP contribution is -2.51. The van der Waals surface area contributed by atoms with E-state index in [1.807, 2.05) is 35.2 Å². The molecule has 0 aromatic heterocycles. The van der Waals surface area contributed by atoms with Crippen LogP contribution in [0.3, 0.4) is 0 Å². The van der Waals surface area contributed by atoms with Gasteiger partial charge in [0.25, 0.3) is 5.91 Å². The molecule has 1 spiro atoms. The summed E-state index contributed by atoms with van der Waals surface area (Å²) < 4.78 is 12.1. The lowest BCUT2D eigenvalue weighted by atomic mass is 9.82. The van der Waals surface area contributed by atoms with Gasteiger partial charge >= 0.3 is 0 Å². The second-order valence-corrected chi connectivity index (χ2v) is 15.5. The molecule has 0 aliphatic carbocycles. The molecule has 0 unspecified atom stereocenters. The van der Waals surface area contributed by atoms with Crippen molar-refractivity contribution in [2.45, 2.75) is 62.9 Å². The van der Waals surface area contributed by atoms with Crippen molar-refractivity contribution in [1.29, 1.82) is 0 Å². The first-order valence-corrected chi connectivity index (χ1v) is 16.0. The normalized spacial score (nSPS) is 27.9. The van der Waals surface area contributed by atoms with Gasteiger partial charge in [-0.1, -0.05) is 37.3 Å². The largest absolute Gasteiger partial charge is 0.497 e. The molecular weight excluding hydrogens is 472 g/mol. The second kappa shape index (κ2) is 9.32.